The van der Waals surface area contributed by atoms with Crippen LogP contribution < -0.4 is 11.5 Å². The largest absolute Gasteiger partial charge is 0.499 e. The van der Waals surface area contributed by atoms with Crippen molar-refractivity contribution in [3.63, 3.8) is 0 Å². The van der Waals surface area contributed by atoms with Gasteiger partial charge in [-0.05, 0) is 103 Å². The smallest absolute Gasteiger partial charge is 0.480 e. The van der Waals surface area contributed by atoms with E-state index in [0.29, 0.717) is 12.1 Å². The predicted octanol–water partition coefficient (Wildman–Crippen LogP) is 5.96. The molecule has 0 aliphatic heterocycles. The summed E-state index contributed by atoms with van der Waals surface area (Å²) < 4.78 is 6.89. The molecule has 0 heterocycles. The third-order valence-corrected chi connectivity index (χ3v) is 7.42. The van der Waals surface area contributed by atoms with Crippen molar-refractivity contribution in [1.29, 1.82) is 0 Å². The van der Waals surface area contributed by atoms with Crippen LogP contribution in [0.15, 0.2) is 84.0 Å². The van der Waals surface area contributed by atoms with E-state index >= 15 is 0 Å². The number of halogens is 3. The zero-order valence-electron chi connectivity index (χ0n) is 22.1. The highest BCUT2D eigenvalue weighted by Crippen LogP contribution is 2.31. The number of fused-ring (bicyclic) bond motifs is 2. The summed E-state index contributed by atoms with van der Waals surface area (Å²) in [7, 11) is 1.60. The van der Waals surface area contributed by atoms with Gasteiger partial charge in [0.1, 0.15) is 0 Å². The molecule has 0 spiro atoms. The molecule has 5 nitrogen and oxygen atoms in total. The molecule has 0 bridgehead atoms. The third-order valence-electron chi connectivity index (χ3n) is 5.58. The standard InChI is InChI=1S/C13H15N.C9H9Br2N.C4H6B2O.C2H5BO2.CH4.BrH/c1-3-9-5-11-7-13(14)8-12(11)6-10(9)4-2;10-8-3-5-1-7(12)2-6(5)4-9(8)11;1-3-5-7-6-4-2;1-2-3(4)5;;/h3-6,13H,1-2,7-8,14H2;3-4,7H,1-2,12H2;3-4H,1-2H2;2,4-5H,1H2;1H4;1H. The summed E-state index contributed by atoms with van der Waals surface area (Å²) in [5.74, 6) is 4.14. The van der Waals surface area contributed by atoms with Gasteiger partial charge in [-0.2, -0.15) is 0 Å². The summed E-state index contributed by atoms with van der Waals surface area (Å²) in [6, 6.07) is 9.31. The molecule has 0 unspecified atom stereocenters. The van der Waals surface area contributed by atoms with Gasteiger partial charge in [0.05, 0.1) is 0 Å². The van der Waals surface area contributed by atoms with Crippen molar-refractivity contribution in [1.82, 2.24) is 0 Å². The van der Waals surface area contributed by atoms with Crippen molar-refractivity contribution in [2.75, 3.05) is 0 Å². The second-order valence-corrected chi connectivity index (χ2v) is 10.3. The lowest BCUT2D eigenvalue weighted by molar-refractivity contribution is 0.424. The average molecular weight is 737 g/mol. The highest BCUT2D eigenvalue weighted by molar-refractivity contribution is 9.13. The van der Waals surface area contributed by atoms with Gasteiger partial charge in [-0.25, -0.2) is 0 Å². The quantitative estimate of drug-likeness (QED) is 0.208. The number of hydrogen-bond acceptors (Lipinski definition) is 5. The van der Waals surface area contributed by atoms with Gasteiger partial charge >= 0.3 is 22.1 Å². The molecular formula is C29H40B3Br3N2O3. The first-order valence-electron chi connectivity index (χ1n) is 12.0. The van der Waals surface area contributed by atoms with E-state index in [1.54, 1.807) is 12.0 Å². The van der Waals surface area contributed by atoms with Crippen LogP contribution in [0.5, 0.6) is 0 Å². The Morgan fingerprint density at radius 3 is 1.30 bits per heavy atom. The van der Waals surface area contributed by atoms with Gasteiger partial charge in [-0.3, -0.25) is 0 Å². The van der Waals surface area contributed by atoms with Crippen molar-refractivity contribution in [2.45, 2.75) is 45.2 Å². The minimum Gasteiger partial charge on any atom is -0.499 e. The van der Waals surface area contributed by atoms with Crippen LogP contribution in [0.25, 0.3) is 12.2 Å². The van der Waals surface area contributed by atoms with Gasteiger partial charge < -0.3 is 26.1 Å². The van der Waals surface area contributed by atoms with Crippen molar-refractivity contribution in [3.05, 3.63) is 117 Å². The summed E-state index contributed by atoms with van der Waals surface area (Å²) in [6.45, 7) is 17.5. The zero-order valence-corrected chi connectivity index (χ0v) is 27.0. The molecular weight excluding hydrogens is 696 g/mol. The molecule has 4 rings (SSSR count). The second-order valence-electron chi connectivity index (χ2n) is 8.56. The first kappa shape index (κ1) is 40.7. The maximum atomic E-state index is 7.80. The molecule has 0 aromatic heterocycles. The molecule has 214 valence electrons. The molecule has 40 heavy (non-hydrogen) atoms. The molecule has 0 fully saturated rings. The van der Waals surface area contributed by atoms with Gasteiger partial charge in [-0.1, -0.05) is 62.8 Å². The highest BCUT2D eigenvalue weighted by atomic mass is 79.9. The van der Waals surface area contributed by atoms with Crippen molar-refractivity contribution in [3.8, 4) is 0 Å². The Labute approximate surface area is 270 Å². The first-order chi connectivity index (χ1) is 18.1. The molecule has 6 N–H and O–H groups in total. The van der Waals surface area contributed by atoms with E-state index in [2.05, 4.69) is 93.6 Å². The van der Waals surface area contributed by atoms with Gasteiger partial charge in [0, 0.05) is 21.0 Å². The van der Waals surface area contributed by atoms with Crippen LogP contribution in [0.3, 0.4) is 0 Å². The molecule has 2 aromatic rings. The van der Waals surface area contributed by atoms with Crippen LogP contribution in [0.4, 0.5) is 0 Å². The van der Waals surface area contributed by atoms with Crippen LogP contribution >= 0.6 is 48.8 Å². The first-order valence-corrected chi connectivity index (χ1v) is 13.6. The Bertz CT molecular complexity index is 1040. The fraction of sp³-hybridized carbons (Fsp3) is 0.241. The normalized spacial score (nSPS) is 12.3. The Hall–Kier alpha value is -1.43. The number of hydrogen-bond donors (Lipinski definition) is 4. The summed E-state index contributed by atoms with van der Waals surface area (Å²) in [6.07, 6.45) is 7.77. The van der Waals surface area contributed by atoms with Gasteiger partial charge in [0.15, 0.2) is 0 Å². The topological polar surface area (TPSA) is 102 Å². The van der Waals surface area contributed by atoms with Crippen LogP contribution in [0.2, 0.25) is 0 Å². The Kier molecular flexibility index (Phi) is 22.6. The maximum absolute atomic E-state index is 7.80. The summed E-state index contributed by atoms with van der Waals surface area (Å²) in [5.41, 5.74) is 19.6. The number of rotatable bonds is 7. The maximum Gasteiger partial charge on any atom is 0.480 e. The molecule has 11 heteroatoms. The van der Waals surface area contributed by atoms with E-state index < -0.39 is 7.12 Å². The molecule has 2 aliphatic carbocycles. The second kappa shape index (κ2) is 22.2. The molecule has 2 radical (unpaired) electrons. The lowest BCUT2D eigenvalue weighted by Crippen LogP contribution is -2.19. The van der Waals surface area contributed by atoms with Crippen LogP contribution in [-0.4, -0.2) is 44.2 Å². The average Bonchev–Trinajstić information content (AvgIpc) is 3.44. The minimum atomic E-state index is -1.35. The molecule has 0 saturated heterocycles. The minimum absolute atomic E-state index is 0. The van der Waals surface area contributed by atoms with Gasteiger partial charge in [0.2, 0.25) is 0 Å². The van der Waals surface area contributed by atoms with E-state index in [1.807, 2.05) is 12.2 Å². The van der Waals surface area contributed by atoms with Gasteiger partial charge in [0.25, 0.3) is 0 Å². The fourth-order valence-corrected chi connectivity index (χ4v) is 4.68. The highest BCUT2D eigenvalue weighted by Gasteiger charge is 2.19. The van der Waals surface area contributed by atoms with Crippen molar-refractivity contribution in [2.24, 2.45) is 11.5 Å². The van der Waals surface area contributed by atoms with E-state index in [4.69, 9.17) is 21.5 Å². The third kappa shape index (κ3) is 14.5. The van der Waals surface area contributed by atoms with E-state index in [1.165, 1.54) is 37.2 Å². The Balaban J connectivity index is 0. The SMILES string of the molecule is Br.C.C=CB(O)O.C=C[B]O[B]C=C.C=Cc1cc2c(cc1C=C)CC(N)C2.NC1Cc2cc(Br)c(Br)cc2C1. The van der Waals surface area contributed by atoms with Crippen molar-refractivity contribution >= 4 is 83.1 Å². The zero-order chi connectivity index (χ0) is 28.7. The Morgan fingerprint density at radius 2 is 1.05 bits per heavy atom. The van der Waals surface area contributed by atoms with Crippen molar-refractivity contribution < 1.29 is 14.6 Å². The van der Waals surface area contributed by atoms with Crippen LogP contribution in [0, 0.1) is 0 Å². The van der Waals surface area contributed by atoms with E-state index in [0.717, 1.165) is 51.7 Å². The van der Waals surface area contributed by atoms with Gasteiger partial charge in [-0.15, -0.1) is 36.7 Å². The van der Waals surface area contributed by atoms with Crippen LogP contribution in [-0.2, 0) is 30.3 Å². The Morgan fingerprint density at radius 1 is 0.750 bits per heavy atom. The lowest BCUT2D eigenvalue weighted by Gasteiger charge is -2.05. The van der Waals surface area contributed by atoms with E-state index in [-0.39, 0.29) is 24.4 Å². The number of nitrogens with two attached hydrogens (primary N) is 2. The van der Waals surface area contributed by atoms with Crippen LogP contribution in [0.1, 0.15) is 40.8 Å². The van der Waals surface area contributed by atoms with E-state index in [9.17, 15) is 0 Å². The molecule has 0 atom stereocenters. The molecule has 2 aliphatic rings. The number of benzene rings is 2. The monoisotopic (exact) mass is 734 g/mol. The summed E-state index contributed by atoms with van der Waals surface area (Å²) in [4.78, 5) is 0. The predicted molar refractivity (Wildman–Crippen MR) is 190 cm³/mol. The lowest BCUT2D eigenvalue weighted by atomic mass is 9.94. The molecule has 2 aromatic carbocycles. The summed E-state index contributed by atoms with van der Waals surface area (Å²) >= 11 is 6.96. The summed E-state index contributed by atoms with van der Waals surface area (Å²) in [5, 5.41) is 15.6. The fourth-order valence-electron chi connectivity index (χ4n) is 3.90. The molecule has 0 saturated carbocycles. The molecule has 0 amide bonds.